The minimum Gasteiger partial charge on any atom is -0.465 e. The number of allylic oxidation sites excluding steroid dienone is 1. The third-order valence-corrected chi connectivity index (χ3v) is 4.12. The maximum atomic E-state index is 11.7. The molecule has 0 bridgehead atoms. The summed E-state index contributed by atoms with van der Waals surface area (Å²) in [6.07, 6.45) is 0.591. The van der Waals surface area contributed by atoms with Crippen molar-refractivity contribution >= 4 is 33.5 Å². The number of hydrogen-bond donors (Lipinski definition) is 1. The fourth-order valence-electron chi connectivity index (χ4n) is 2.32. The largest absolute Gasteiger partial charge is 0.465 e. The molecule has 1 aliphatic heterocycles. The SMILES string of the molecule is COC(=O)c1ccc2c(c1Br)NC(=C=O)CC2(C)C. The van der Waals surface area contributed by atoms with Crippen LogP contribution in [0.1, 0.15) is 36.2 Å². The van der Waals surface area contributed by atoms with Crippen LogP contribution < -0.4 is 5.32 Å². The molecular weight excluding hydrogens is 310 g/mol. The molecule has 0 saturated heterocycles. The van der Waals surface area contributed by atoms with Gasteiger partial charge in [-0.1, -0.05) is 19.9 Å². The molecule has 0 aromatic heterocycles. The molecule has 0 amide bonds. The number of hydrogen-bond acceptors (Lipinski definition) is 4. The minimum absolute atomic E-state index is 0.190. The zero-order chi connectivity index (χ0) is 14.2. The van der Waals surface area contributed by atoms with Gasteiger partial charge in [-0.2, -0.15) is 0 Å². The fraction of sp³-hybridized carbons (Fsp3) is 0.357. The molecule has 5 heteroatoms. The molecular formula is C14H14BrNO3. The van der Waals surface area contributed by atoms with Crippen LogP contribution in [-0.2, 0) is 14.9 Å². The van der Waals surface area contributed by atoms with E-state index < -0.39 is 5.97 Å². The summed E-state index contributed by atoms with van der Waals surface area (Å²) in [5.74, 6) is 1.49. The molecule has 100 valence electrons. The van der Waals surface area contributed by atoms with Gasteiger partial charge in [-0.3, -0.25) is 0 Å². The van der Waals surface area contributed by atoms with Crippen molar-refractivity contribution < 1.29 is 14.3 Å². The highest BCUT2D eigenvalue weighted by molar-refractivity contribution is 9.10. The first-order valence-electron chi connectivity index (χ1n) is 5.83. The Balaban J connectivity index is 2.65. The molecule has 1 aromatic carbocycles. The second kappa shape index (κ2) is 4.83. The van der Waals surface area contributed by atoms with Crippen LogP contribution in [0.5, 0.6) is 0 Å². The van der Waals surface area contributed by atoms with Crippen molar-refractivity contribution in [3.05, 3.63) is 33.4 Å². The summed E-state index contributed by atoms with van der Waals surface area (Å²) in [5, 5.41) is 3.03. The van der Waals surface area contributed by atoms with Crippen molar-refractivity contribution in [1.82, 2.24) is 0 Å². The van der Waals surface area contributed by atoms with E-state index in [2.05, 4.69) is 21.2 Å². The van der Waals surface area contributed by atoms with Crippen LogP contribution in [0.25, 0.3) is 0 Å². The second-order valence-corrected chi connectivity index (χ2v) is 5.90. The Hall–Kier alpha value is -1.58. The highest BCUT2D eigenvalue weighted by Crippen LogP contribution is 2.44. The number of nitrogens with one attached hydrogen (secondary N) is 1. The number of benzene rings is 1. The molecule has 0 aliphatic carbocycles. The average Bonchev–Trinajstić information content (AvgIpc) is 2.38. The van der Waals surface area contributed by atoms with E-state index in [4.69, 9.17) is 4.74 Å². The third kappa shape index (κ3) is 2.31. The summed E-state index contributed by atoms with van der Waals surface area (Å²) in [4.78, 5) is 22.6. The van der Waals surface area contributed by atoms with Gasteiger partial charge in [0, 0.05) is 6.42 Å². The second-order valence-electron chi connectivity index (χ2n) is 5.11. The van der Waals surface area contributed by atoms with Gasteiger partial charge in [0.1, 0.15) is 11.6 Å². The molecule has 2 rings (SSSR count). The lowest BCUT2D eigenvalue weighted by atomic mass is 9.77. The zero-order valence-corrected chi connectivity index (χ0v) is 12.6. The monoisotopic (exact) mass is 323 g/mol. The molecule has 0 radical (unpaired) electrons. The Morgan fingerprint density at radius 2 is 2.16 bits per heavy atom. The van der Waals surface area contributed by atoms with Crippen molar-refractivity contribution in [2.75, 3.05) is 12.4 Å². The number of fused-ring (bicyclic) bond motifs is 1. The van der Waals surface area contributed by atoms with Crippen LogP contribution in [0.3, 0.4) is 0 Å². The summed E-state index contributed by atoms with van der Waals surface area (Å²) in [7, 11) is 1.34. The summed E-state index contributed by atoms with van der Waals surface area (Å²) < 4.78 is 5.34. The Kier molecular flexibility index (Phi) is 3.52. The standard InChI is InChI=1S/C14H14BrNO3/c1-14(2)6-8(7-17)16-12-10(14)5-4-9(11(12)15)13(18)19-3/h4-5,16H,6H2,1-3H3. The van der Waals surface area contributed by atoms with E-state index in [-0.39, 0.29) is 5.41 Å². The van der Waals surface area contributed by atoms with E-state index in [1.54, 1.807) is 6.07 Å². The van der Waals surface area contributed by atoms with E-state index >= 15 is 0 Å². The molecule has 1 heterocycles. The number of halogens is 1. The molecule has 19 heavy (non-hydrogen) atoms. The lowest BCUT2D eigenvalue weighted by Gasteiger charge is -2.34. The summed E-state index contributed by atoms with van der Waals surface area (Å²) in [6.45, 7) is 4.10. The number of esters is 1. The van der Waals surface area contributed by atoms with Crippen molar-refractivity contribution in [3.63, 3.8) is 0 Å². The van der Waals surface area contributed by atoms with E-state index in [9.17, 15) is 9.59 Å². The Bertz CT molecular complexity index is 601. The molecule has 0 saturated carbocycles. The van der Waals surface area contributed by atoms with Crippen molar-refractivity contribution in [1.29, 1.82) is 0 Å². The van der Waals surface area contributed by atoms with Gasteiger partial charge in [0.05, 0.1) is 22.8 Å². The normalized spacial score (nSPS) is 16.1. The number of carbonyl (C=O) groups is 1. The van der Waals surface area contributed by atoms with Crippen LogP contribution in [-0.4, -0.2) is 19.0 Å². The van der Waals surface area contributed by atoms with Crippen LogP contribution in [0.15, 0.2) is 22.3 Å². The zero-order valence-electron chi connectivity index (χ0n) is 11.0. The maximum Gasteiger partial charge on any atom is 0.339 e. The average molecular weight is 324 g/mol. The molecule has 0 atom stereocenters. The van der Waals surface area contributed by atoms with Gasteiger partial charge < -0.3 is 10.1 Å². The highest BCUT2D eigenvalue weighted by Gasteiger charge is 2.33. The summed E-state index contributed by atoms with van der Waals surface area (Å²) in [6, 6.07) is 3.62. The predicted octanol–water partition coefficient (Wildman–Crippen LogP) is 3.04. The van der Waals surface area contributed by atoms with Gasteiger partial charge in [0.2, 0.25) is 0 Å². The summed E-state index contributed by atoms with van der Waals surface area (Å²) >= 11 is 3.41. The van der Waals surface area contributed by atoms with Gasteiger partial charge in [-0.25, -0.2) is 9.59 Å². The maximum absolute atomic E-state index is 11.7. The molecule has 4 nitrogen and oxygen atoms in total. The third-order valence-electron chi connectivity index (χ3n) is 3.29. The number of anilines is 1. The lowest BCUT2D eigenvalue weighted by Crippen LogP contribution is -2.28. The van der Waals surface area contributed by atoms with E-state index in [1.807, 2.05) is 25.9 Å². The number of carbonyl (C=O) groups excluding carboxylic acids is 2. The van der Waals surface area contributed by atoms with Crippen molar-refractivity contribution in [3.8, 4) is 0 Å². The first kappa shape index (κ1) is 13.8. The van der Waals surface area contributed by atoms with Gasteiger partial charge >= 0.3 is 5.97 Å². The smallest absolute Gasteiger partial charge is 0.339 e. The Morgan fingerprint density at radius 1 is 1.47 bits per heavy atom. The fourth-order valence-corrected chi connectivity index (χ4v) is 2.93. The predicted molar refractivity (Wildman–Crippen MR) is 76.0 cm³/mol. The Morgan fingerprint density at radius 3 is 2.74 bits per heavy atom. The molecule has 1 aromatic rings. The van der Waals surface area contributed by atoms with Crippen molar-refractivity contribution in [2.24, 2.45) is 0 Å². The quantitative estimate of drug-likeness (QED) is 0.637. The first-order chi connectivity index (χ1) is 8.90. The van der Waals surface area contributed by atoms with Gasteiger partial charge in [-0.05, 0) is 33.0 Å². The topological polar surface area (TPSA) is 55.4 Å². The minimum atomic E-state index is -0.420. The van der Waals surface area contributed by atoms with E-state index in [0.29, 0.717) is 22.2 Å². The number of rotatable bonds is 1. The van der Waals surface area contributed by atoms with Crippen LogP contribution in [0, 0.1) is 0 Å². The van der Waals surface area contributed by atoms with Gasteiger partial charge in [-0.15, -0.1) is 0 Å². The summed E-state index contributed by atoms with van der Waals surface area (Å²) in [5.41, 5.74) is 2.50. The van der Waals surface area contributed by atoms with Gasteiger partial charge in [0.25, 0.3) is 0 Å². The molecule has 0 unspecified atom stereocenters. The highest BCUT2D eigenvalue weighted by atomic mass is 79.9. The molecule has 1 aliphatic rings. The van der Waals surface area contributed by atoms with E-state index in [1.165, 1.54) is 7.11 Å². The first-order valence-corrected chi connectivity index (χ1v) is 6.62. The molecule has 0 spiro atoms. The Labute approximate surface area is 120 Å². The number of methoxy groups -OCH3 is 1. The van der Waals surface area contributed by atoms with Crippen LogP contribution >= 0.6 is 15.9 Å². The molecule has 1 N–H and O–H groups in total. The lowest BCUT2D eigenvalue weighted by molar-refractivity contribution is 0.0599. The van der Waals surface area contributed by atoms with Crippen molar-refractivity contribution in [2.45, 2.75) is 25.7 Å². The van der Waals surface area contributed by atoms with E-state index in [0.717, 1.165) is 11.3 Å². The van der Waals surface area contributed by atoms with Crippen LogP contribution in [0.4, 0.5) is 5.69 Å². The van der Waals surface area contributed by atoms with Gasteiger partial charge in [0.15, 0.2) is 0 Å². The van der Waals surface area contributed by atoms with Crippen LogP contribution in [0.2, 0.25) is 0 Å². The molecule has 0 fully saturated rings. The number of ether oxygens (including phenoxy) is 1.